The highest BCUT2D eigenvalue weighted by molar-refractivity contribution is 5.43. The van der Waals surface area contributed by atoms with Gasteiger partial charge < -0.3 is 10.1 Å². The van der Waals surface area contributed by atoms with Crippen LogP contribution in [-0.2, 0) is 10.2 Å². The Kier molecular flexibility index (Phi) is 2.26. The molecule has 2 nitrogen and oxygen atoms in total. The van der Waals surface area contributed by atoms with Gasteiger partial charge in [-0.05, 0) is 31.5 Å². The Balaban J connectivity index is 2.07. The van der Waals surface area contributed by atoms with Crippen LogP contribution in [-0.4, -0.2) is 20.2 Å². The van der Waals surface area contributed by atoms with E-state index in [0.29, 0.717) is 6.61 Å². The van der Waals surface area contributed by atoms with Gasteiger partial charge in [0.1, 0.15) is 5.82 Å². The Morgan fingerprint density at radius 2 is 2.31 bits per heavy atom. The summed E-state index contributed by atoms with van der Waals surface area (Å²) in [5, 5.41) is 3.10. The highest BCUT2D eigenvalue weighted by Gasteiger charge is 2.51. The number of fused-ring (bicyclic) bond motifs is 2. The quantitative estimate of drug-likeness (QED) is 0.826. The molecule has 3 heteroatoms. The first-order valence-electron chi connectivity index (χ1n) is 5.82. The summed E-state index contributed by atoms with van der Waals surface area (Å²) in [6.07, 6.45) is 2.13. The third-order valence-electron chi connectivity index (χ3n) is 3.73. The molecule has 1 atom stereocenters. The fourth-order valence-electron chi connectivity index (χ4n) is 2.69. The molecule has 0 saturated heterocycles. The molecule has 2 aliphatic rings. The molecule has 1 saturated carbocycles. The lowest BCUT2D eigenvalue weighted by Gasteiger charge is -2.32. The van der Waals surface area contributed by atoms with Crippen molar-refractivity contribution in [1.29, 1.82) is 0 Å². The molecule has 1 aliphatic heterocycles. The van der Waals surface area contributed by atoms with Crippen molar-refractivity contribution in [2.45, 2.75) is 24.4 Å². The van der Waals surface area contributed by atoms with E-state index in [1.165, 1.54) is 0 Å². The highest BCUT2D eigenvalue weighted by Crippen LogP contribution is 2.54. The molecule has 0 amide bonds. The van der Waals surface area contributed by atoms with Gasteiger partial charge in [-0.15, -0.1) is 0 Å². The molecule has 16 heavy (non-hydrogen) atoms. The van der Waals surface area contributed by atoms with Crippen LogP contribution in [0, 0.1) is 5.82 Å². The number of likely N-dealkylation sites (N-methyl/N-ethyl adjacent to an activating group) is 1. The van der Waals surface area contributed by atoms with E-state index in [4.69, 9.17) is 4.74 Å². The van der Waals surface area contributed by atoms with Gasteiger partial charge in [0.2, 0.25) is 0 Å². The minimum atomic E-state index is -0.0561. The topological polar surface area (TPSA) is 21.3 Å². The van der Waals surface area contributed by atoms with Crippen LogP contribution in [0.3, 0.4) is 0 Å². The average Bonchev–Trinajstić information content (AvgIpc) is 3.04. The molecule has 1 spiro atoms. The van der Waals surface area contributed by atoms with Crippen molar-refractivity contribution in [3.63, 3.8) is 0 Å². The van der Waals surface area contributed by atoms with Gasteiger partial charge in [0.05, 0.1) is 12.7 Å². The number of ether oxygens (including phenoxy) is 1. The Bertz CT molecular complexity index is 414. The number of hydrogen-bond donors (Lipinski definition) is 1. The molecule has 0 aromatic heterocycles. The van der Waals surface area contributed by atoms with E-state index in [0.717, 1.165) is 30.5 Å². The predicted molar refractivity (Wildman–Crippen MR) is 59.9 cm³/mol. The standard InChI is InChI=1S/C13H16FNO/c1-15-7-11-9-3-2-4-10(14)12(9)13(5-6-13)8-16-11/h2-4,11,15H,5-8H2,1H3. The molecular formula is C13H16FNO. The molecule has 0 radical (unpaired) electrons. The van der Waals surface area contributed by atoms with Crippen molar-refractivity contribution in [2.75, 3.05) is 20.2 Å². The third kappa shape index (κ3) is 1.39. The molecule has 0 bridgehead atoms. The maximum atomic E-state index is 13.9. The Hall–Kier alpha value is -0.930. The van der Waals surface area contributed by atoms with Gasteiger partial charge in [0.25, 0.3) is 0 Å². The van der Waals surface area contributed by atoms with Crippen LogP contribution in [0.4, 0.5) is 4.39 Å². The van der Waals surface area contributed by atoms with Gasteiger partial charge in [-0.25, -0.2) is 4.39 Å². The first kappa shape index (κ1) is 10.2. The summed E-state index contributed by atoms with van der Waals surface area (Å²) in [5.41, 5.74) is 1.96. The number of nitrogens with one attached hydrogen (secondary N) is 1. The summed E-state index contributed by atoms with van der Waals surface area (Å²) in [7, 11) is 1.89. The van der Waals surface area contributed by atoms with Gasteiger partial charge in [-0.1, -0.05) is 12.1 Å². The first-order chi connectivity index (χ1) is 7.77. The van der Waals surface area contributed by atoms with Gasteiger partial charge in [0, 0.05) is 17.5 Å². The van der Waals surface area contributed by atoms with E-state index < -0.39 is 0 Å². The molecule has 1 unspecified atom stereocenters. The van der Waals surface area contributed by atoms with Crippen molar-refractivity contribution in [1.82, 2.24) is 5.32 Å². The van der Waals surface area contributed by atoms with E-state index in [-0.39, 0.29) is 17.3 Å². The molecule has 1 fully saturated rings. The number of hydrogen-bond acceptors (Lipinski definition) is 2. The Morgan fingerprint density at radius 1 is 1.50 bits per heavy atom. The minimum absolute atomic E-state index is 0.00178. The maximum absolute atomic E-state index is 13.9. The summed E-state index contributed by atoms with van der Waals surface area (Å²) in [4.78, 5) is 0. The average molecular weight is 221 g/mol. The first-order valence-corrected chi connectivity index (χ1v) is 5.82. The molecule has 1 aromatic rings. The van der Waals surface area contributed by atoms with Gasteiger partial charge >= 0.3 is 0 Å². The van der Waals surface area contributed by atoms with E-state index in [9.17, 15) is 4.39 Å². The van der Waals surface area contributed by atoms with Crippen molar-refractivity contribution in [3.8, 4) is 0 Å². The molecule has 1 N–H and O–H groups in total. The van der Waals surface area contributed by atoms with Crippen LogP contribution >= 0.6 is 0 Å². The van der Waals surface area contributed by atoms with Crippen LogP contribution in [0.25, 0.3) is 0 Å². The van der Waals surface area contributed by atoms with Gasteiger partial charge in [0.15, 0.2) is 0 Å². The second-order valence-corrected chi connectivity index (χ2v) is 4.84. The summed E-state index contributed by atoms with van der Waals surface area (Å²) in [6, 6.07) is 5.35. The largest absolute Gasteiger partial charge is 0.371 e. The Labute approximate surface area is 94.8 Å². The zero-order chi connectivity index (χ0) is 11.2. The van der Waals surface area contributed by atoms with Crippen molar-refractivity contribution < 1.29 is 9.13 Å². The summed E-state index contributed by atoms with van der Waals surface area (Å²) in [6.45, 7) is 1.42. The van der Waals surface area contributed by atoms with E-state index in [1.54, 1.807) is 12.1 Å². The Morgan fingerprint density at radius 3 is 3.00 bits per heavy atom. The van der Waals surface area contributed by atoms with Crippen LogP contribution in [0.1, 0.15) is 30.1 Å². The molecule has 1 heterocycles. The van der Waals surface area contributed by atoms with Crippen molar-refractivity contribution in [3.05, 3.63) is 35.1 Å². The minimum Gasteiger partial charge on any atom is -0.371 e. The summed E-state index contributed by atoms with van der Waals surface area (Å²) in [5.74, 6) is -0.0561. The normalized spacial score (nSPS) is 25.5. The third-order valence-corrected chi connectivity index (χ3v) is 3.73. The summed E-state index contributed by atoms with van der Waals surface area (Å²) < 4.78 is 19.8. The monoisotopic (exact) mass is 221 g/mol. The molecular weight excluding hydrogens is 205 g/mol. The zero-order valence-corrected chi connectivity index (χ0v) is 9.42. The van der Waals surface area contributed by atoms with Crippen LogP contribution < -0.4 is 5.32 Å². The summed E-state index contributed by atoms with van der Waals surface area (Å²) >= 11 is 0. The number of rotatable bonds is 2. The fourth-order valence-corrected chi connectivity index (χ4v) is 2.69. The number of halogens is 1. The smallest absolute Gasteiger partial charge is 0.127 e. The van der Waals surface area contributed by atoms with Crippen LogP contribution in [0.5, 0.6) is 0 Å². The maximum Gasteiger partial charge on any atom is 0.127 e. The second kappa shape index (κ2) is 3.54. The van der Waals surface area contributed by atoms with Crippen LogP contribution in [0.15, 0.2) is 18.2 Å². The van der Waals surface area contributed by atoms with Crippen molar-refractivity contribution >= 4 is 0 Å². The highest BCUT2D eigenvalue weighted by atomic mass is 19.1. The number of benzene rings is 1. The van der Waals surface area contributed by atoms with Gasteiger partial charge in [-0.3, -0.25) is 0 Å². The fraction of sp³-hybridized carbons (Fsp3) is 0.538. The molecule has 1 aliphatic carbocycles. The molecule has 1 aromatic carbocycles. The molecule has 86 valence electrons. The van der Waals surface area contributed by atoms with E-state index in [2.05, 4.69) is 5.32 Å². The van der Waals surface area contributed by atoms with Gasteiger partial charge in [-0.2, -0.15) is 0 Å². The van der Waals surface area contributed by atoms with Crippen LogP contribution in [0.2, 0.25) is 0 Å². The van der Waals surface area contributed by atoms with Crippen molar-refractivity contribution in [2.24, 2.45) is 0 Å². The van der Waals surface area contributed by atoms with E-state index in [1.807, 2.05) is 13.1 Å². The lowest BCUT2D eigenvalue weighted by Crippen LogP contribution is -2.32. The predicted octanol–water partition coefficient (Wildman–Crippen LogP) is 2.15. The zero-order valence-electron chi connectivity index (χ0n) is 9.42. The van der Waals surface area contributed by atoms with E-state index >= 15 is 0 Å². The lowest BCUT2D eigenvalue weighted by atomic mass is 9.86. The molecule has 3 rings (SSSR count). The lowest BCUT2D eigenvalue weighted by molar-refractivity contribution is 0.0217. The second-order valence-electron chi connectivity index (χ2n) is 4.84. The SMILES string of the molecule is CNCC1OCC2(CC2)c2c(F)cccc21.